The van der Waals surface area contributed by atoms with E-state index in [0.717, 1.165) is 5.82 Å². The lowest BCUT2D eigenvalue weighted by atomic mass is 10.3. The van der Waals surface area contributed by atoms with Crippen molar-refractivity contribution in [2.45, 2.75) is 13.8 Å². The van der Waals surface area contributed by atoms with Crippen molar-refractivity contribution in [2.75, 3.05) is 11.9 Å². The monoisotopic (exact) mass is 160 g/mol. The van der Waals surface area contributed by atoms with Gasteiger partial charge >= 0.3 is 0 Å². The summed E-state index contributed by atoms with van der Waals surface area (Å²) in [4.78, 5) is 4.17. The minimum absolute atomic E-state index is 0.659. The van der Waals surface area contributed by atoms with Crippen molar-refractivity contribution in [3.63, 3.8) is 0 Å². The zero-order chi connectivity index (χ0) is 8.81. The summed E-state index contributed by atoms with van der Waals surface area (Å²) >= 11 is 0. The van der Waals surface area contributed by atoms with Crippen molar-refractivity contribution >= 4 is 5.82 Å². The summed E-state index contributed by atoms with van der Waals surface area (Å²) < 4.78 is 0. The molecule has 1 rings (SSSR count). The Morgan fingerprint density at radius 3 is 2.92 bits per heavy atom. The summed E-state index contributed by atoms with van der Waals surface area (Å²) in [5.74, 6) is 6.60. The highest BCUT2D eigenvalue weighted by atomic mass is 15.0. The van der Waals surface area contributed by atoms with Crippen LogP contribution in [0.1, 0.15) is 12.5 Å². The largest absolute Gasteiger partial charge is 0.359 e. The summed E-state index contributed by atoms with van der Waals surface area (Å²) in [7, 11) is 0. The number of nitrogens with zero attached hydrogens (tertiary/aromatic N) is 1. The van der Waals surface area contributed by atoms with Crippen molar-refractivity contribution in [1.82, 2.24) is 4.98 Å². The molecule has 0 radical (unpaired) electrons. The van der Waals surface area contributed by atoms with E-state index in [9.17, 15) is 0 Å². The Morgan fingerprint density at radius 1 is 1.50 bits per heavy atom. The van der Waals surface area contributed by atoms with Crippen LogP contribution >= 0.6 is 0 Å². The molecule has 1 aromatic heterocycles. The van der Waals surface area contributed by atoms with Gasteiger partial charge in [-0.25, -0.2) is 4.98 Å². The van der Waals surface area contributed by atoms with Gasteiger partial charge in [-0.1, -0.05) is 12.0 Å². The van der Waals surface area contributed by atoms with E-state index >= 15 is 0 Å². The third kappa shape index (κ3) is 2.63. The first kappa shape index (κ1) is 8.61. The SMILES string of the molecule is CC#CCNc1ccc(C)cn1. The molecule has 2 nitrogen and oxygen atoms in total. The van der Waals surface area contributed by atoms with Crippen LogP contribution in [0.2, 0.25) is 0 Å². The second kappa shape index (κ2) is 4.40. The molecule has 0 aliphatic rings. The van der Waals surface area contributed by atoms with Gasteiger partial charge in [0, 0.05) is 6.20 Å². The molecule has 0 aliphatic heterocycles. The van der Waals surface area contributed by atoms with Crippen molar-refractivity contribution in [1.29, 1.82) is 0 Å². The average molecular weight is 160 g/mol. The molecule has 62 valence electrons. The molecule has 1 heterocycles. The minimum atomic E-state index is 0.659. The van der Waals surface area contributed by atoms with Crippen molar-refractivity contribution in [3.8, 4) is 11.8 Å². The third-order valence-corrected chi connectivity index (χ3v) is 1.45. The number of anilines is 1. The summed E-state index contributed by atoms with van der Waals surface area (Å²) in [6, 6.07) is 3.97. The fraction of sp³-hybridized carbons (Fsp3) is 0.300. The molecule has 0 atom stereocenters. The van der Waals surface area contributed by atoms with Gasteiger partial charge in [0.15, 0.2) is 0 Å². The van der Waals surface area contributed by atoms with Gasteiger partial charge in [-0.3, -0.25) is 0 Å². The molecule has 1 N–H and O–H groups in total. The molecule has 0 bridgehead atoms. The number of aryl methyl sites for hydroxylation is 1. The predicted octanol–water partition coefficient (Wildman–Crippen LogP) is 1.83. The Morgan fingerprint density at radius 2 is 2.33 bits per heavy atom. The maximum absolute atomic E-state index is 4.17. The second-order valence-corrected chi connectivity index (χ2v) is 2.50. The quantitative estimate of drug-likeness (QED) is 0.667. The summed E-state index contributed by atoms with van der Waals surface area (Å²) in [5.41, 5.74) is 1.17. The molecule has 1 aromatic rings. The van der Waals surface area contributed by atoms with Crippen LogP contribution in [0.3, 0.4) is 0 Å². The number of hydrogen-bond donors (Lipinski definition) is 1. The molecule has 12 heavy (non-hydrogen) atoms. The topological polar surface area (TPSA) is 24.9 Å². The number of hydrogen-bond acceptors (Lipinski definition) is 2. The van der Waals surface area contributed by atoms with Crippen LogP contribution in [-0.2, 0) is 0 Å². The number of aromatic nitrogens is 1. The Bertz CT molecular complexity index is 290. The lowest BCUT2D eigenvalue weighted by Crippen LogP contribution is -2.00. The lowest BCUT2D eigenvalue weighted by molar-refractivity contribution is 1.22. The Labute approximate surface area is 73.0 Å². The zero-order valence-electron chi connectivity index (χ0n) is 7.39. The number of rotatable bonds is 2. The van der Waals surface area contributed by atoms with Crippen molar-refractivity contribution in [2.24, 2.45) is 0 Å². The van der Waals surface area contributed by atoms with Gasteiger partial charge in [-0.05, 0) is 25.5 Å². The lowest BCUT2D eigenvalue weighted by Gasteiger charge is -1.99. The molecule has 0 fully saturated rings. The van der Waals surface area contributed by atoms with E-state index in [2.05, 4.69) is 22.1 Å². The van der Waals surface area contributed by atoms with Gasteiger partial charge < -0.3 is 5.32 Å². The van der Waals surface area contributed by atoms with Crippen molar-refractivity contribution in [3.05, 3.63) is 23.9 Å². The zero-order valence-corrected chi connectivity index (χ0v) is 7.39. The summed E-state index contributed by atoms with van der Waals surface area (Å²) in [6.45, 7) is 4.50. The molecule has 0 saturated heterocycles. The highest BCUT2D eigenvalue weighted by Gasteiger charge is 1.88. The smallest absolute Gasteiger partial charge is 0.126 e. The van der Waals surface area contributed by atoms with E-state index in [1.54, 1.807) is 0 Å². The number of pyridine rings is 1. The fourth-order valence-electron chi connectivity index (χ4n) is 0.796. The molecular formula is C10H12N2. The fourth-order valence-corrected chi connectivity index (χ4v) is 0.796. The van der Waals surface area contributed by atoms with Gasteiger partial charge in [0.2, 0.25) is 0 Å². The normalized spacial score (nSPS) is 8.50. The third-order valence-electron chi connectivity index (χ3n) is 1.45. The van der Waals surface area contributed by atoms with Crippen LogP contribution in [0, 0.1) is 18.8 Å². The Kier molecular flexibility index (Phi) is 3.16. The van der Waals surface area contributed by atoms with Crippen LogP contribution in [-0.4, -0.2) is 11.5 Å². The highest BCUT2D eigenvalue weighted by molar-refractivity contribution is 5.36. The van der Waals surface area contributed by atoms with Crippen LogP contribution in [0.15, 0.2) is 18.3 Å². The van der Waals surface area contributed by atoms with E-state index in [4.69, 9.17) is 0 Å². The first-order chi connectivity index (χ1) is 5.83. The minimum Gasteiger partial charge on any atom is -0.359 e. The standard InChI is InChI=1S/C10H12N2/c1-3-4-7-11-10-6-5-9(2)8-12-10/h5-6,8H,7H2,1-2H3,(H,11,12). The van der Waals surface area contributed by atoms with Crippen LogP contribution in [0.25, 0.3) is 0 Å². The molecule has 0 aliphatic carbocycles. The highest BCUT2D eigenvalue weighted by Crippen LogP contribution is 2.02. The summed E-state index contributed by atoms with van der Waals surface area (Å²) in [5, 5.41) is 3.09. The molecule has 0 saturated carbocycles. The maximum atomic E-state index is 4.17. The van der Waals surface area contributed by atoms with E-state index in [1.807, 2.05) is 32.2 Å². The van der Waals surface area contributed by atoms with Crippen LogP contribution in [0.5, 0.6) is 0 Å². The maximum Gasteiger partial charge on any atom is 0.126 e. The van der Waals surface area contributed by atoms with Gasteiger partial charge in [-0.2, -0.15) is 0 Å². The van der Waals surface area contributed by atoms with Gasteiger partial charge in [0.25, 0.3) is 0 Å². The average Bonchev–Trinajstić information content (AvgIpc) is 2.09. The van der Waals surface area contributed by atoms with E-state index in [-0.39, 0.29) is 0 Å². The van der Waals surface area contributed by atoms with E-state index < -0.39 is 0 Å². The molecule has 2 heteroatoms. The van der Waals surface area contributed by atoms with E-state index in [0.29, 0.717) is 6.54 Å². The Balaban J connectivity index is 2.51. The first-order valence-electron chi connectivity index (χ1n) is 3.89. The summed E-state index contributed by atoms with van der Waals surface area (Å²) in [6.07, 6.45) is 1.84. The molecule has 0 aromatic carbocycles. The first-order valence-corrected chi connectivity index (χ1v) is 3.89. The predicted molar refractivity (Wildman–Crippen MR) is 50.9 cm³/mol. The molecule has 0 amide bonds. The number of nitrogens with one attached hydrogen (secondary N) is 1. The van der Waals surface area contributed by atoms with Crippen LogP contribution < -0.4 is 5.32 Å². The van der Waals surface area contributed by atoms with E-state index in [1.165, 1.54) is 5.56 Å². The second-order valence-electron chi connectivity index (χ2n) is 2.50. The molecule has 0 spiro atoms. The van der Waals surface area contributed by atoms with Crippen LogP contribution in [0.4, 0.5) is 5.82 Å². The molecular weight excluding hydrogens is 148 g/mol. The van der Waals surface area contributed by atoms with Gasteiger partial charge in [0.1, 0.15) is 5.82 Å². The van der Waals surface area contributed by atoms with Gasteiger partial charge in [0.05, 0.1) is 6.54 Å². The van der Waals surface area contributed by atoms with Crippen molar-refractivity contribution < 1.29 is 0 Å². The van der Waals surface area contributed by atoms with Gasteiger partial charge in [-0.15, -0.1) is 5.92 Å². The molecule has 0 unspecified atom stereocenters. The Hall–Kier alpha value is -1.49.